The zero-order chi connectivity index (χ0) is 10.6. The molecule has 0 spiro atoms. The van der Waals surface area contributed by atoms with Crippen LogP contribution in [0.3, 0.4) is 0 Å². The molecule has 0 aromatic carbocycles. The van der Waals surface area contributed by atoms with Crippen molar-refractivity contribution in [3.63, 3.8) is 0 Å². The number of ether oxygens (including phenoxy) is 1. The molecule has 0 saturated heterocycles. The lowest BCUT2D eigenvalue weighted by Gasteiger charge is -2.30. The summed E-state index contributed by atoms with van der Waals surface area (Å²) >= 11 is 0. The number of carbonyl (C=O) groups excluding carboxylic acids is 1. The molecule has 0 fully saturated rings. The van der Waals surface area contributed by atoms with Crippen LogP contribution >= 0.6 is 0 Å². The van der Waals surface area contributed by atoms with E-state index >= 15 is 0 Å². The number of nitrogens with zero attached hydrogens (tertiary/aromatic N) is 1. The fourth-order valence-electron chi connectivity index (χ4n) is 1.48. The lowest BCUT2D eigenvalue weighted by Crippen LogP contribution is -2.38. The molecule has 0 saturated carbocycles. The summed E-state index contributed by atoms with van der Waals surface area (Å²) < 4.78 is 4.71. The quantitative estimate of drug-likeness (QED) is 0.630. The Labute approximate surface area is 84.3 Å². The van der Waals surface area contributed by atoms with Gasteiger partial charge in [0.15, 0.2) is 0 Å². The first-order valence-electron chi connectivity index (χ1n) is 4.54. The Morgan fingerprint density at radius 1 is 1.79 bits per heavy atom. The SMILES string of the molecule is C=CCC1C=CC=C(C)N1C(=O)OC. The van der Waals surface area contributed by atoms with E-state index in [0.29, 0.717) is 0 Å². The topological polar surface area (TPSA) is 29.5 Å². The molecule has 0 aromatic rings. The fraction of sp³-hybridized carbons (Fsp3) is 0.364. The highest BCUT2D eigenvalue weighted by atomic mass is 16.5. The van der Waals surface area contributed by atoms with Gasteiger partial charge < -0.3 is 4.74 Å². The van der Waals surface area contributed by atoms with Gasteiger partial charge in [0.25, 0.3) is 0 Å². The lowest BCUT2D eigenvalue weighted by atomic mass is 10.1. The summed E-state index contributed by atoms with van der Waals surface area (Å²) in [5.41, 5.74) is 0.895. The van der Waals surface area contributed by atoms with Crippen LogP contribution in [0.5, 0.6) is 0 Å². The fourth-order valence-corrected chi connectivity index (χ4v) is 1.48. The van der Waals surface area contributed by atoms with Gasteiger partial charge in [0.1, 0.15) is 0 Å². The third kappa shape index (κ3) is 2.05. The summed E-state index contributed by atoms with van der Waals surface area (Å²) in [5, 5.41) is 0. The maximum atomic E-state index is 11.5. The zero-order valence-corrected chi connectivity index (χ0v) is 8.56. The van der Waals surface area contributed by atoms with E-state index < -0.39 is 0 Å². The zero-order valence-electron chi connectivity index (χ0n) is 8.56. The summed E-state index contributed by atoms with van der Waals surface area (Å²) in [6.45, 7) is 5.55. The van der Waals surface area contributed by atoms with Crippen molar-refractivity contribution in [2.45, 2.75) is 19.4 Å². The Balaban J connectivity index is 2.85. The van der Waals surface area contributed by atoms with Gasteiger partial charge in [-0.2, -0.15) is 0 Å². The highest BCUT2D eigenvalue weighted by Gasteiger charge is 2.24. The van der Waals surface area contributed by atoms with Crippen molar-refractivity contribution in [3.05, 3.63) is 36.6 Å². The number of methoxy groups -OCH3 is 1. The molecule has 1 rings (SSSR count). The van der Waals surface area contributed by atoms with E-state index in [9.17, 15) is 4.79 Å². The monoisotopic (exact) mass is 193 g/mol. The molecule has 1 amide bonds. The minimum atomic E-state index is -0.324. The van der Waals surface area contributed by atoms with Crippen LogP contribution in [-0.2, 0) is 4.74 Å². The Bertz CT molecular complexity index is 292. The van der Waals surface area contributed by atoms with Crippen molar-refractivity contribution in [2.24, 2.45) is 0 Å². The molecule has 1 aliphatic rings. The highest BCUT2D eigenvalue weighted by Crippen LogP contribution is 2.19. The van der Waals surface area contributed by atoms with Crippen LogP contribution in [0, 0.1) is 0 Å². The molecule has 1 unspecified atom stereocenters. The molecular weight excluding hydrogens is 178 g/mol. The van der Waals surface area contributed by atoms with Gasteiger partial charge >= 0.3 is 6.09 Å². The summed E-state index contributed by atoms with van der Waals surface area (Å²) in [6.07, 6.45) is 8.00. The first-order chi connectivity index (χ1) is 6.70. The number of allylic oxidation sites excluding steroid dienone is 3. The van der Waals surface area contributed by atoms with E-state index in [2.05, 4.69) is 6.58 Å². The van der Waals surface area contributed by atoms with Crippen LogP contribution in [-0.4, -0.2) is 24.1 Å². The van der Waals surface area contributed by atoms with Crippen molar-refractivity contribution in [1.82, 2.24) is 4.90 Å². The average Bonchev–Trinajstić information content (AvgIpc) is 2.18. The smallest absolute Gasteiger partial charge is 0.414 e. The summed E-state index contributed by atoms with van der Waals surface area (Å²) in [7, 11) is 1.39. The van der Waals surface area contributed by atoms with Gasteiger partial charge in [-0.25, -0.2) is 4.79 Å². The second-order valence-corrected chi connectivity index (χ2v) is 3.12. The van der Waals surface area contributed by atoms with E-state index in [-0.39, 0.29) is 12.1 Å². The molecule has 76 valence electrons. The second kappa shape index (κ2) is 4.65. The van der Waals surface area contributed by atoms with Crippen molar-refractivity contribution in [2.75, 3.05) is 7.11 Å². The van der Waals surface area contributed by atoms with Crippen molar-refractivity contribution < 1.29 is 9.53 Å². The van der Waals surface area contributed by atoms with Crippen LogP contribution in [0.4, 0.5) is 4.79 Å². The van der Waals surface area contributed by atoms with Crippen molar-refractivity contribution >= 4 is 6.09 Å². The third-order valence-electron chi connectivity index (χ3n) is 2.16. The van der Waals surface area contributed by atoms with Crippen LogP contribution in [0.2, 0.25) is 0 Å². The lowest BCUT2D eigenvalue weighted by molar-refractivity contribution is 0.127. The predicted molar refractivity (Wildman–Crippen MR) is 55.7 cm³/mol. The minimum absolute atomic E-state index is 0.0324. The number of rotatable bonds is 2. The van der Waals surface area contributed by atoms with E-state index in [0.717, 1.165) is 12.1 Å². The van der Waals surface area contributed by atoms with E-state index in [1.54, 1.807) is 11.0 Å². The normalized spacial score (nSPS) is 20.3. The maximum absolute atomic E-state index is 11.5. The number of carbonyl (C=O) groups is 1. The predicted octanol–water partition coefficient (Wildman–Crippen LogP) is 2.47. The van der Waals surface area contributed by atoms with Crippen molar-refractivity contribution in [1.29, 1.82) is 0 Å². The van der Waals surface area contributed by atoms with Gasteiger partial charge in [-0.05, 0) is 19.4 Å². The Morgan fingerprint density at radius 2 is 2.50 bits per heavy atom. The van der Waals surface area contributed by atoms with Crippen LogP contribution < -0.4 is 0 Å². The van der Waals surface area contributed by atoms with Gasteiger partial charge in [0, 0.05) is 5.70 Å². The molecule has 3 nitrogen and oxygen atoms in total. The molecular formula is C11H15NO2. The summed E-state index contributed by atoms with van der Waals surface area (Å²) in [6, 6.07) is 0.0324. The molecule has 1 aliphatic heterocycles. The van der Waals surface area contributed by atoms with E-state index in [4.69, 9.17) is 4.74 Å². The Morgan fingerprint density at radius 3 is 3.07 bits per heavy atom. The van der Waals surface area contributed by atoms with Crippen LogP contribution in [0.1, 0.15) is 13.3 Å². The molecule has 0 N–H and O–H groups in total. The molecule has 0 aliphatic carbocycles. The van der Waals surface area contributed by atoms with Gasteiger partial charge in [-0.3, -0.25) is 4.90 Å². The molecule has 0 radical (unpaired) electrons. The van der Waals surface area contributed by atoms with Gasteiger partial charge in [-0.1, -0.05) is 18.2 Å². The molecule has 0 bridgehead atoms. The van der Waals surface area contributed by atoms with Crippen molar-refractivity contribution in [3.8, 4) is 0 Å². The number of hydrogen-bond donors (Lipinski definition) is 0. The number of hydrogen-bond acceptors (Lipinski definition) is 2. The standard InChI is InChI=1S/C11H15NO2/c1-4-6-10-8-5-7-9(2)12(10)11(13)14-3/h4-5,7-8,10H,1,6H2,2-3H3. The van der Waals surface area contributed by atoms with Crippen LogP contribution in [0.25, 0.3) is 0 Å². The van der Waals surface area contributed by atoms with Gasteiger partial charge in [0.2, 0.25) is 0 Å². The molecule has 3 heteroatoms. The minimum Gasteiger partial charge on any atom is -0.452 e. The highest BCUT2D eigenvalue weighted by molar-refractivity contribution is 5.71. The first-order valence-corrected chi connectivity index (χ1v) is 4.54. The van der Waals surface area contributed by atoms with Gasteiger partial charge in [-0.15, -0.1) is 6.58 Å². The largest absolute Gasteiger partial charge is 0.452 e. The Kier molecular flexibility index (Phi) is 3.51. The molecule has 1 heterocycles. The van der Waals surface area contributed by atoms with Crippen LogP contribution in [0.15, 0.2) is 36.6 Å². The van der Waals surface area contributed by atoms with Gasteiger partial charge in [0.05, 0.1) is 13.2 Å². The molecule has 1 atom stereocenters. The van der Waals surface area contributed by atoms with E-state index in [1.165, 1.54) is 7.11 Å². The number of amides is 1. The maximum Gasteiger partial charge on any atom is 0.414 e. The average molecular weight is 193 g/mol. The summed E-state index contributed by atoms with van der Waals surface area (Å²) in [5.74, 6) is 0. The summed E-state index contributed by atoms with van der Waals surface area (Å²) in [4.78, 5) is 13.1. The first kappa shape index (κ1) is 10.6. The Hall–Kier alpha value is -1.51. The van der Waals surface area contributed by atoms with E-state index in [1.807, 2.05) is 25.2 Å². The third-order valence-corrected chi connectivity index (χ3v) is 2.16. The second-order valence-electron chi connectivity index (χ2n) is 3.12. The molecule has 14 heavy (non-hydrogen) atoms. The molecule has 0 aromatic heterocycles.